The number of aryl methyl sites for hydroxylation is 1. The third-order valence-corrected chi connectivity index (χ3v) is 4.74. The Bertz CT molecular complexity index is 1260. The first-order valence-electron chi connectivity index (χ1n) is 8.14. The molecule has 0 fully saturated rings. The first kappa shape index (κ1) is 17.2. The van der Waals surface area contributed by atoms with Crippen molar-refractivity contribution in [3.05, 3.63) is 57.6 Å². The van der Waals surface area contributed by atoms with Crippen molar-refractivity contribution in [2.75, 3.05) is 0 Å². The molecule has 0 radical (unpaired) electrons. The van der Waals surface area contributed by atoms with E-state index in [1.807, 2.05) is 19.1 Å². The topological polar surface area (TPSA) is 102 Å². The molecular weight excluding hydrogens is 370 g/mol. The fraction of sp³-hybridized carbons (Fsp3) is 0.167. The molecular formula is C18H14ClN5O3. The maximum atomic E-state index is 12.7. The summed E-state index contributed by atoms with van der Waals surface area (Å²) in [5, 5.41) is 22.6. The van der Waals surface area contributed by atoms with Crippen LogP contribution in [0.15, 0.2) is 41.3 Å². The van der Waals surface area contributed by atoms with Crippen molar-refractivity contribution in [3.63, 3.8) is 0 Å². The van der Waals surface area contributed by atoms with Gasteiger partial charge in [-0.15, -0.1) is 10.2 Å². The van der Waals surface area contributed by atoms with E-state index in [4.69, 9.17) is 16.7 Å². The molecule has 0 aliphatic heterocycles. The molecule has 1 aromatic carbocycles. The predicted octanol–water partition coefficient (Wildman–Crippen LogP) is 2.71. The Morgan fingerprint density at radius 1 is 1.19 bits per heavy atom. The monoisotopic (exact) mass is 383 g/mol. The van der Waals surface area contributed by atoms with Crippen LogP contribution in [0.4, 0.5) is 0 Å². The zero-order chi connectivity index (χ0) is 19.3. The second-order valence-electron chi connectivity index (χ2n) is 6.18. The molecule has 0 amide bonds. The molecule has 1 unspecified atom stereocenters. The Kier molecular flexibility index (Phi) is 3.92. The maximum absolute atomic E-state index is 12.7. The van der Waals surface area contributed by atoms with Gasteiger partial charge in [-0.2, -0.15) is 5.10 Å². The van der Waals surface area contributed by atoms with Gasteiger partial charge in [0.25, 0.3) is 5.56 Å². The summed E-state index contributed by atoms with van der Waals surface area (Å²) in [6.07, 6.45) is 1.43. The standard InChI is InChI=1S/C18H14ClN5O3/c1-9-14(11-3-5-12(19)6-4-11)16-21-20-15-13(24(16)22-9)7-8-23(17(15)25)10(2)18(26)27/h3-8,10H,1-2H3,(H,26,27). The average molecular weight is 384 g/mol. The van der Waals surface area contributed by atoms with E-state index in [-0.39, 0.29) is 5.52 Å². The molecule has 0 aliphatic rings. The van der Waals surface area contributed by atoms with E-state index >= 15 is 0 Å². The number of aromatic nitrogens is 5. The molecule has 0 saturated carbocycles. The molecule has 1 atom stereocenters. The predicted molar refractivity (Wildman–Crippen MR) is 100 cm³/mol. The van der Waals surface area contributed by atoms with Gasteiger partial charge >= 0.3 is 5.97 Å². The third kappa shape index (κ3) is 2.65. The smallest absolute Gasteiger partial charge is 0.326 e. The zero-order valence-corrected chi connectivity index (χ0v) is 15.2. The Morgan fingerprint density at radius 2 is 1.89 bits per heavy atom. The fourth-order valence-electron chi connectivity index (χ4n) is 3.05. The quantitative estimate of drug-likeness (QED) is 0.583. The first-order valence-corrected chi connectivity index (χ1v) is 8.52. The molecule has 0 bridgehead atoms. The fourth-order valence-corrected chi connectivity index (χ4v) is 3.17. The number of hydrogen-bond acceptors (Lipinski definition) is 5. The van der Waals surface area contributed by atoms with Crippen molar-refractivity contribution in [1.29, 1.82) is 0 Å². The third-order valence-electron chi connectivity index (χ3n) is 4.49. The number of carboxylic acids is 1. The number of benzene rings is 1. The van der Waals surface area contributed by atoms with E-state index in [9.17, 15) is 9.59 Å². The highest BCUT2D eigenvalue weighted by atomic mass is 35.5. The van der Waals surface area contributed by atoms with Gasteiger partial charge < -0.3 is 5.11 Å². The normalized spacial score (nSPS) is 12.6. The van der Waals surface area contributed by atoms with Gasteiger partial charge in [0.1, 0.15) is 11.6 Å². The summed E-state index contributed by atoms with van der Waals surface area (Å²) in [5.74, 6) is -1.11. The average Bonchev–Trinajstić information content (AvgIpc) is 2.98. The molecule has 136 valence electrons. The second-order valence-corrected chi connectivity index (χ2v) is 6.62. The van der Waals surface area contributed by atoms with Gasteiger partial charge in [-0.05, 0) is 37.6 Å². The van der Waals surface area contributed by atoms with Crippen molar-refractivity contribution in [1.82, 2.24) is 24.4 Å². The minimum atomic E-state index is -1.11. The number of hydrogen-bond donors (Lipinski definition) is 1. The summed E-state index contributed by atoms with van der Waals surface area (Å²) in [6.45, 7) is 3.27. The Labute approximate surface area is 157 Å². The van der Waals surface area contributed by atoms with Crippen LogP contribution >= 0.6 is 11.6 Å². The number of halogens is 1. The van der Waals surface area contributed by atoms with E-state index in [1.165, 1.54) is 13.1 Å². The van der Waals surface area contributed by atoms with E-state index in [0.717, 1.165) is 21.4 Å². The molecule has 4 aromatic rings. The number of aliphatic carboxylic acids is 1. The van der Waals surface area contributed by atoms with Gasteiger partial charge in [-0.3, -0.25) is 9.36 Å². The summed E-state index contributed by atoms with van der Waals surface area (Å²) < 4.78 is 2.67. The van der Waals surface area contributed by atoms with Gasteiger partial charge in [0.2, 0.25) is 0 Å². The Morgan fingerprint density at radius 3 is 2.56 bits per heavy atom. The van der Waals surface area contributed by atoms with Crippen molar-refractivity contribution < 1.29 is 9.90 Å². The van der Waals surface area contributed by atoms with Gasteiger partial charge in [-0.1, -0.05) is 23.7 Å². The van der Waals surface area contributed by atoms with Crippen LogP contribution in [0.25, 0.3) is 27.8 Å². The minimum Gasteiger partial charge on any atom is -0.480 e. The molecule has 3 heterocycles. The molecule has 0 aliphatic carbocycles. The van der Waals surface area contributed by atoms with Crippen LogP contribution in [0.5, 0.6) is 0 Å². The van der Waals surface area contributed by atoms with Crippen molar-refractivity contribution >= 4 is 34.3 Å². The van der Waals surface area contributed by atoms with Gasteiger partial charge in [-0.25, -0.2) is 9.31 Å². The molecule has 4 rings (SSSR count). The number of pyridine rings is 1. The van der Waals surface area contributed by atoms with E-state index < -0.39 is 17.6 Å². The summed E-state index contributed by atoms with van der Waals surface area (Å²) >= 11 is 5.96. The number of nitrogens with zero attached hydrogens (tertiary/aromatic N) is 5. The Hall–Kier alpha value is -3.26. The summed E-state index contributed by atoms with van der Waals surface area (Å²) in [6, 6.07) is 7.90. The lowest BCUT2D eigenvalue weighted by atomic mass is 10.1. The zero-order valence-electron chi connectivity index (χ0n) is 14.4. The molecule has 9 heteroatoms. The van der Waals surface area contributed by atoms with Gasteiger partial charge in [0.15, 0.2) is 11.2 Å². The maximum Gasteiger partial charge on any atom is 0.326 e. The highest BCUT2D eigenvalue weighted by Crippen LogP contribution is 2.29. The highest BCUT2D eigenvalue weighted by Gasteiger charge is 2.20. The minimum absolute atomic E-state index is 0.0586. The van der Waals surface area contributed by atoms with Gasteiger partial charge in [0, 0.05) is 11.2 Å². The Balaban J connectivity index is 1.99. The van der Waals surface area contributed by atoms with Crippen LogP contribution in [0, 0.1) is 6.92 Å². The van der Waals surface area contributed by atoms with Gasteiger partial charge in [0.05, 0.1) is 11.3 Å². The van der Waals surface area contributed by atoms with E-state index in [1.54, 1.807) is 22.7 Å². The summed E-state index contributed by atoms with van der Waals surface area (Å²) in [5.41, 5.74) is 2.90. The van der Waals surface area contributed by atoms with Crippen LogP contribution in [0.1, 0.15) is 18.7 Å². The van der Waals surface area contributed by atoms with Crippen LogP contribution in [-0.4, -0.2) is 35.5 Å². The molecule has 0 saturated heterocycles. The van der Waals surface area contributed by atoms with Crippen molar-refractivity contribution in [2.45, 2.75) is 19.9 Å². The lowest BCUT2D eigenvalue weighted by Crippen LogP contribution is -2.28. The number of carbonyl (C=O) groups is 1. The first-order chi connectivity index (χ1) is 12.9. The van der Waals surface area contributed by atoms with Crippen LogP contribution in [-0.2, 0) is 4.79 Å². The summed E-state index contributed by atoms with van der Waals surface area (Å²) in [7, 11) is 0. The largest absolute Gasteiger partial charge is 0.480 e. The van der Waals surface area contributed by atoms with E-state index in [2.05, 4.69) is 15.3 Å². The number of fused-ring (bicyclic) bond motifs is 3. The molecule has 0 spiro atoms. The lowest BCUT2D eigenvalue weighted by molar-refractivity contribution is -0.140. The SMILES string of the molecule is Cc1nn2c(nnc3c(=O)n(C(C)C(=O)O)ccc32)c1-c1ccc(Cl)cc1. The molecule has 1 N–H and O–H groups in total. The van der Waals surface area contributed by atoms with Crippen LogP contribution < -0.4 is 5.56 Å². The van der Waals surface area contributed by atoms with Crippen molar-refractivity contribution in [3.8, 4) is 11.1 Å². The van der Waals surface area contributed by atoms with E-state index in [0.29, 0.717) is 16.2 Å². The molecule has 27 heavy (non-hydrogen) atoms. The lowest BCUT2D eigenvalue weighted by Gasteiger charge is -2.11. The van der Waals surface area contributed by atoms with Crippen LogP contribution in [0.2, 0.25) is 5.02 Å². The number of carboxylic acid groups (broad SMARTS) is 1. The highest BCUT2D eigenvalue weighted by molar-refractivity contribution is 6.30. The molecule has 3 aromatic heterocycles. The number of rotatable bonds is 3. The summed E-state index contributed by atoms with van der Waals surface area (Å²) in [4.78, 5) is 23.9. The van der Waals surface area contributed by atoms with Crippen LogP contribution in [0.3, 0.4) is 0 Å². The molecule has 8 nitrogen and oxygen atoms in total. The second kappa shape index (κ2) is 6.17. The van der Waals surface area contributed by atoms with Crippen molar-refractivity contribution in [2.24, 2.45) is 0 Å².